The monoisotopic (exact) mass is 313 g/mol. The number of carboxylic acid groups (broad SMARTS) is 1. The van der Waals surface area contributed by atoms with Crippen molar-refractivity contribution in [3.05, 3.63) is 0 Å². The molecule has 22 heavy (non-hydrogen) atoms. The maximum absolute atomic E-state index is 12.3. The Kier molecular flexibility index (Phi) is 6.64. The first kappa shape index (κ1) is 18.3. The summed E-state index contributed by atoms with van der Waals surface area (Å²) in [5, 5.41) is 11.9. The lowest BCUT2D eigenvalue weighted by molar-refractivity contribution is -0.144. The standard InChI is InChI=1S/C15H27N3O4/c1-5-10(2)12(14(20)21)16-13(19)11-6-8-18(9-7-11)15(22)17(3)4/h10-12H,5-9H2,1-4H3,(H,16,19)(H,20,21)/t10-,12-/m0/s1. The van der Waals surface area contributed by atoms with E-state index >= 15 is 0 Å². The molecule has 0 bridgehead atoms. The molecular formula is C15H27N3O4. The van der Waals surface area contributed by atoms with Crippen molar-refractivity contribution in [3.8, 4) is 0 Å². The van der Waals surface area contributed by atoms with Crippen LogP contribution in [0.2, 0.25) is 0 Å². The fourth-order valence-electron chi connectivity index (χ4n) is 2.57. The van der Waals surface area contributed by atoms with Gasteiger partial charge in [-0.1, -0.05) is 20.3 Å². The van der Waals surface area contributed by atoms with Gasteiger partial charge in [0, 0.05) is 33.1 Å². The highest BCUT2D eigenvalue weighted by molar-refractivity contribution is 5.85. The van der Waals surface area contributed by atoms with Gasteiger partial charge < -0.3 is 20.2 Å². The van der Waals surface area contributed by atoms with Crippen LogP contribution in [0.15, 0.2) is 0 Å². The van der Waals surface area contributed by atoms with Crippen LogP contribution in [0.1, 0.15) is 33.1 Å². The zero-order chi connectivity index (χ0) is 16.9. The molecule has 126 valence electrons. The number of aliphatic carboxylic acids is 1. The normalized spacial score (nSPS) is 18.5. The second kappa shape index (κ2) is 8.00. The van der Waals surface area contributed by atoms with Crippen molar-refractivity contribution < 1.29 is 19.5 Å². The second-order valence-corrected chi connectivity index (χ2v) is 6.15. The molecule has 0 saturated carbocycles. The molecule has 0 spiro atoms. The van der Waals surface area contributed by atoms with Crippen LogP contribution in [0.4, 0.5) is 4.79 Å². The van der Waals surface area contributed by atoms with Gasteiger partial charge in [0.15, 0.2) is 0 Å². The Morgan fingerprint density at radius 1 is 1.27 bits per heavy atom. The van der Waals surface area contributed by atoms with Gasteiger partial charge >= 0.3 is 12.0 Å². The number of nitrogens with zero attached hydrogens (tertiary/aromatic N) is 2. The van der Waals surface area contributed by atoms with Crippen LogP contribution >= 0.6 is 0 Å². The predicted octanol–water partition coefficient (Wildman–Crippen LogP) is 0.996. The quantitative estimate of drug-likeness (QED) is 0.792. The smallest absolute Gasteiger partial charge is 0.326 e. The summed E-state index contributed by atoms with van der Waals surface area (Å²) in [4.78, 5) is 38.6. The Morgan fingerprint density at radius 2 is 1.82 bits per heavy atom. The molecule has 1 aliphatic heterocycles. The topological polar surface area (TPSA) is 90.0 Å². The molecule has 0 aliphatic carbocycles. The number of hydrogen-bond acceptors (Lipinski definition) is 3. The van der Waals surface area contributed by atoms with Gasteiger partial charge in [-0.25, -0.2) is 9.59 Å². The summed E-state index contributed by atoms with van der Waals surface area (Å²) in [5.41, 5.74) is 0. The summed E-state index contributed by atoms with van der Waals surface area (Å²) in [7, 11) is 3.40. The van der Waals surface area contributed by atoms with E-state index in [0.717, 1.165) is 0 Å². The molecule has 1 heterocycles. The molecule has 7 heteroatoms. The van der Waals surface area contributed by atoms with Crippen molar-refractivity contribution in [3.63, 3.8) is 0 Å². The van der Waals surface area contributed by atoms with Crippen LogP contribution in [0.25, 0.3) is 0 Å². The van der Waals surface area contributed by atoms with E-state index in [-0.39, 0.29) is 23.8 Å². The number of carboxylic acids is 1. The highest BCUT2D eigenvalue weighted by Crippen LogP contribution is 2.19. The lowest BCUT2D eigenvalue weighted by Crippen LogP contribution is -2.50. The third kappa shape index (κ3) is 4.61. The Labute approximate surface area is 131 Å². The number of hydrogen-bond donors (Lipinski definition) is 2. The lowest BCUT2D eigenvalue weighted by atomic mass is 9.93. The molecule has 0 aromatic heterocycles. The fourth-order valence-corrected chi connectivity index (χ4v) is 2.57. The minimum Gasteiger partial charge on any atom is -0.480 e. The van der Waals surface area contributed by atoms with Gasteiger partial charge in [0.1, 0.15) is 6.04 Å². The second-order valence-electron chi connectivity index (χ2n) is 6.15. The zero-order valence-corrected chi connectivity index (χ0v) is 13.8. The molecule has 1 fully saturated rings. The third-order valence-electron chi connectivity index (χ3n) is 4.30. The summed E-state index contributed by atoms with van der Waals surface area (Å²) in [6, 6.07) is -0.902. The van der Waals surface area contributed by atoms with Gasteiger partial charge in [-0.15, -0.1) is 0 Å². The van der Waals surface area contributed by atoms with Gasteiger partial charge in [0.05, 0.1) is 0 Å². The molecule has 0 aromatic rings. The van der Waals surface area contributed by atoms with Gasteiger partial charge in [0.2, 0.25) is 5.91 Å². The SMILES string of the molecule is CC[C@H](C)[C@H](NC(=O)C1CCN(C(=O)N(C)C)CC1)C(=O)O. The highest BCUT2D eigenvalue weighted by Gasteiger charge is 2.32. The summed E-state index contributed by atoms with van der Waals surface area (Å²) in [6.45, 7) is 4.77. The maximum Gasteiger partial charge on any atom is 0.326 e. The molecule has 7 nitrogen and oxygen atoms in total. The number of carbonyl (C=O) groups is 3. The van der Waals surface area contributed by atoms with Gasteiger partial charge in [-0.2, -0.15) is 0 Å². The zero-order valence-electron chi connectivity index (χ0n) is 13.8. The molecule has 2 atom stereocenters. The minimum absolute atomic E-state index is 0.0538. The van der Waals surface area contributed by atoms with Crippen molar-refractivity contribution in [2.75, 3.05) is 27.2 Å². The first-order valence-corrected chi connectivity index (χ1v) is 7.77. The van der Waals surface area contributed by atoms with Crippen molar-refractivity contribution in [2.24, 2.45) is 11.8 Å². The average Bonchev–Trinajstić information content (AvgIpc) is 2.50. The number of amides is 3. The summed E-state index contributed by atoms with van der Waals surface area (Å²) >= 11 is 0. The van der Waals surface area contributed by atoms with Crippen LogP contribution < -0.4 is 5.32 Å². The number of piperidine rings is 1. The Balaban J connectivity index is 2.55. The number of urea groups is 1. The first-order valence-electron chi connectivity index (χ1n) is 7.77. The van der Waals surface area contributed by atoms with E-state index in [4.69, 9.17) is 0 Å². The van der Waals surface area contributed by atoms with Gasteiger partial charge in [-0.3, -0.25) is 4.79 Å². The van der Waals surface area contributed by atoms with Crippen LogP contribution in [0.5, 0.6) is 0 Å². The predicted molar refractivity (Wildman–Crippen MR) is 82.4 cm³/mol. The van der Waals surface area contributed by atoms with Crippen LogP contribution in [0.3, 0.4) is 0 Å². The van der Waals surface area contributed by atoms with Gasteiger partial charge in [-0.05, 0) is 18.8 Å². The van der Waals surface area contributed by atoms with E-state index in [1.54, 1.807) is 19.0 Å². The Bertz CT molecular complexity index is 417. The van der Waals surface area contributed by atoms with Crippen molar-refractivity contribution >= 4 is 17.9 Å². The average molecular weight is 313 g/mol. The number of carbonyl (C=O) groups excluding carboxylic acids is 2. The number of likely N-dealkylation sites (tertiary alicyclic amines) is 1. The van der Waals surface area contributed by atoms with Crippen molar-refractivity contribution in [1.82, 2.24) is 15.1 Å². The molecule has 3 amide bonds. The largest absolute Gasteiger partial charge is 0.480 e. The number of rotatable bonds is 5. The van der Waals surface area contributed by atoms with E-state index in [2.05, 4.69) is 5.32 Å². The van der Waals surface area contributed by atoms with E-state index < -0.39 is 12.0 Å². The Hall–Kier alpha value is -1.79. The van der Waals surface area contributed by atoms with Crippen molar-refractivity contribution in [2.45, 2.75) is 39.2 Å². The molecule has 0 unspecified atom stereocenters. The lowest BCUT2D eigenvalue weighted by Gasteiger charge is -2.33. The third-order valence-corrected chi connectivity index (χ3v) is 4.30. The molecule has 0 aromatic carbocycles. The Morgan fingerprint density at radius 3 is 2.23 bits per heavy atom. The summed E-state index contributed by atoms with van der Waals surface area (Å²) in [6.07, 6.45) is 1.82. The molecule has 1 rings (SSSR count). The van der Waals surface area contributed by atoms with Crippen LogP contribution in [-0.4, -0.2) is 66.0 Å². The minimum atomic E-state index is -0.997. The van der Waals surface area contributed by atoms with E-state index in [0.29, 0.717) is 32.4 Å². The molecular weight excluding hydrogens is 286 g/mol. The van der Waals surface area contributed by atoms with E-state index in [1.807, 2.05) is 13.8 Å². The molecule has 2 N–H and O–H groups in total. The molecule has 1 saturated heterocycles. The van der Waals surface area contributed by atoms with E-state index in [1.165, 1.54) is 4.90 Å². The maximum atomic E-state index is 12.3. The summed E-state index contributed by atoms with van der Waals surface area (Å²) in [5.74, 6) is -1.55. The summed E-state index contributed by atoms with van der Waals surface area (Å²) < 4.78 is 0. The highest BCUT2D eigenvalue weighted by atomic mass is 16.4. The van der Waals surface area contributed by atoms with Crippen LogP contribution in [0, 0.1) is 11.8 Å². The van der Waals surface area contributed by atoms with Gasteiger partial charge in [0.25, 0.3) is 0 Å². The van der Waals surface area contributed by atoms with Crippen molar-refractivity contribution in [1.29, 1.82) is 0 Å². The van der Waals surface area contributed by atoms with E-state index in [9.17, 15) is 19.5 Å². The van der Waals surface area contributed by atoms with Crippen LogP contribution in [-0.2, 0) is 9.59 Å². The first-order chi connectivity index (χ1) is 10.3. The molecule has 0 radical (unpaired) electrons. The number of nitrogens with one attached hydrogen (secondary N) is 1. The fraction of sp³-hybridized carbons (Fsp3) is 0.800. The molecule has 1 aliphatic rings.